The van der Waals surface area contributed by atoms with Gasteiger partial charge in [0.15, 0.2) is 0 Å². The molecule has 0 spiro atoms. The summed E-state index contributed by atoms with van der Waals surface area (Å²) in [7, 11) is 1.87. The maximum Gasteiger partial charge on any atom is 0.123 e. The van der Waals surface area contributed by atoms with Crippen LogP contribution in [0.1, 0.15) is 24.1 Å². The van der Waals surface area contributed by atoms with E-state index in [2.05, 4.69) is 5.32 Å². The molecule has 0 radical (unpaired) electrons. The zero-order valence-corrected chi connectivity index (χ0v) is 7.69. The van der Waals surface area contributed by atoms with Crippen LogP contribution in [-0.4, -0.2) is 7.05 Å². The molecule has 1 atom stereocenters. The molecule has 0 heterocycles. The molecule has 1 aromatic carbocycles. The average molecular weight is 167 g/mol. The Morgan fingerprint density at radius 3 is 2.67 bits per heavy atom. The Bertz CT molecular complexity index is 271. The van der Waals surface area contributed by atoms with Crippen LogP contribution in [0.25, 0.3) is 0 Å². The van der Waals surface area contributed by atoms with Gasteiger partial charge >= 0.3 is 0 Å². The van der Waals surface area contributed by atoms with Gasteiger partial charge in [-0.1, -0.05) is 6.07 Å². The number of hydrogen-bond donors (Lipinski definition) is 1. The van der Waals surface area contributed by atoms with Crippen LogP contribution in [0.15, 0.2) is 18.2 Å². The normalized spacial score (nSPS) is 13.0. The Morgan fingerprint density at radius 1 is 1.42 bits per heavy atom. The van der Waals surface area contributed by atoms with Crippen molar-refractivity contribution < 1.29 is 4.39 Å². The van der Waals surface area contributed by atoms with Crippen molar-refractivity contribution in [2.75, 3.05) is 7.05 Å². The summed E-state index contributed by atoms with van der Waals surface area (Å²) < 4.78 is 12.8. The first-order valence-electron chi connectivity index (χ1n) is 4.08. The van der Waals surface area contributed by atoms with Gasteiger partial charge in [0.25, 0.3) is 0 Å². The van der Waals surface area contributed by atoms with E-state index < -0.39 is 0 Å². The number of rotatable bonds is 2. The van der Waals surface area contributed by atoms with Crippen molar-refractivity contribution in [3.05, 3.63) is 35.1 Å². The SMILES string of the molecule is CNC(C)c1cc(F)ccc1C. The molecule has 0 aromatic heterocycles. The van der Waals surface area contributed by atoms with Gasteiger partial charge in [-0.2, -0.15) is 0 Å². The summed E-state index contributed by atoms with van der Waals surface area (Å²) in [4.78, 5) is 0. The van der Waals surface area contributed by atoms with Crippen molar-refractivity contribution in [1.82, 2.24) is 5.32 Å². The third kappa shape index (κ3) is 1.83. The van der Waals surface area contributed by atoms with E-state index >= 15 is 0 Å². The van der Waals surface area contributed by atoms with Gasteiger partial charge in [0, 0.05) is 6.04 Å². The summed E-state index contributed by atoms with van der Waals surface area (Å²) in [5.74, 6) is -0.169. The van der Waals surface area contributed by atoms with Crippen molar-refractivity contribution in [2.45, 2.75) is 19.9 Å². The van der Waals surface area contributed by atoms with Crippen LogP contribution >= 0.6 is 0 Å². The van der Waals surface area contributed by atoms with Crippen LogP contribution in [0, 0.1) is 12.7 Å². The predicted molar refractivity (Wildman–Crippen MR) is 48.6 cm³/mol. The van der Waals surface area contributed by atoms with Crippen LogP contribution < -0.4 is 5.32 Å². The van der Waals surface area contributed by atoms with E-state index in [9.17, 15) is 4.39 Å². The summed E-state index contributed by atoms with van der Waals surface area (Å²) in [6.45, 7) is 4.00. The van der Waals surface area contributed by atoms with Gasteiger partial charge in [-0.05, 0) is 44.2 Å². The fraction of sp³-hybridized carbons (Fsp3) is 0.400. The third-order valence-corrected chi connectivity index (χ3v) is 2.14. The lowest BCUT2D eigenvalue weighted by Crippen LogP contribution is -2.13. The van der Waals surface area contributed by atoms with Gasteiger partial charge in [0.05, 0.1) is 0 Å². The number of aryl methyl sites for hydroxylation is 1. The molecule has 1 unspecified atom stereocenters. The van der Waals surface area contributed by atoms with Gasteiger partial charge in [-0.15, -0.1) is 0 Å². The second kappa shape index (κ2) is 3.68. The van der Waals surface area contributed by atoms with E-state index in [-0.39, 0.29) is 11.9 Å². The average Bonchev–Trinajstić information content (AvgIpc) is 2.08. The van der Waals surface area contributed by atoms with E-state index in [1.807, 2.05) is 20.9 Å². The smallest absolute Gasteiger partial charge is 0.123 e. The van der Waals surface area contributed by atoms with E-state index in [1.165, 1.54) is 6.07 Å². The fourth-order valence-electron chi connectivity index (χ4n) is 1.23. The minimum absolute atomic E-state index is 0.169. The first kappa shape index (κ1) is 9.20. The molecule has 2 heteroatoms. The van der Waals surface area contributed by atoms with Crippen molar-refractivity contribution >= 4 is 0 Å². The maximum atomic E-state index is 12.8. The molecule has 1 N–H and O–H groups in total. The minimum Gasteiger partial charge on any atom is -0.313 e. The van der Waals surface area contributed by atoms with E-state index in [0.717, 1.165) is 11.1 Å². The minimum atomic E-state index is -0.169. The standard InChI is InChI=1S/C10H14FN/c1-7-4-5-9(11)6-10(7)8(2)12-3/h4-6,8,12H,1-3H3. The van der Waals surface area contributed by atoms with Crippen LogP contribution in [0.4, 0.5) is 4.39 Å². The first-order valence-corrected chi connectivity index (χ1v) is 4.08. The van der Waals surface area contributed by atoms with Gasteiger partial charge in [-0.3, -0.25) is 0 Å². The number of hydrogen-bond acceptors (Lipinski definition) is 1. The molecule has 1 nitrogen and oxygen atoms in total. The molecule has 0 aliphatic rings. The summed E-state index contributed by atoms with van der Waals surface area (Å²) in [6, 6.07) is 5.08. The topological polar surface area (TPSA) is 12.0 Å². The predicted octanol–water partition coefficient (Wildman–Crippen LogP) is 2.41. The zero-order chi connectivity index (χ0) is 9.14. The molecule has 0 aliphatic carbocycles. The lowest BCUT2D eigenvalue weighted by atomic mass is 10.0. The summed E-state index contributed by atoms with van der Waals surface area (Å²) in [5, 5.41) is 3.08. The molecular weight excluding hydrogens is 153 g/mol. The Morgan fingerprint density at radius 2 is 2.08 bits per heavy atom. The van der Waals surface area contributed by atoms with Crippen LogP contribution in [0.5, 0.6) is 0 Å². The molecule has 0 aliphatic heterocycles. The van der Waals surface area contributed by atoms with E-state index in [0.29, 0.717) is 0 Å². The van der Waals surface area contributed by atoms with Gasteiger partial charge < -0.3 is 5.32 Å². The second-order valence-corrected chi connectivity index (χ2v) is 3.01. The Kier molecular flexibility index (Phi) is 2.82. The van der Waals surface area contributed by atoms with Crippen molar-refractivity contribution in [3.8, 4) is 0 Å². The van der Waals surface area contributed by atoms with Gasteiger partial charge in [0.2, 0.25) is 0 Å². The largest absolute Gasteiger partial charge is 0.313 e. The number of benzene rings is 1. The lowest BCUT2D eigenvalue weighted by molar-refractivity contribution is 0.606. The number of halogens is 1. The molecule has 0 bridgehead atoms. The second-order valence-electron chi connectivity index (χ2n) is 3.01. The Balaban J connectivity index is 3.04. The van der Waals surface area contributed by atoms with Crippen molar-refractivity contribution in [2.24, 2.45) is 0 Å². The van der Waals surface area contributed by atoms with Crippen LogP contribution in [0.3, 0.4) is 0 Å². The maximum absolute atomic E-state index is 12.8. The molecule has 1 rings (SSSR count). The first-order chi connectivity index (χ1) is 5.65. The Labute approximate surface area is 72.6 Å². The highest BCUT2D eigenvalue weighted by Gasteiger charge is 2.06. The highest BCUT2D eigenvalue weighted by Crippen LogP contribution is 2.17. The summed E-state index contributed by atoms with van der Waals surface area (Å²) >= 11 is 0. The highest BCUT2D eigenvalue weighted by molar-refractivity contribution is 5.28. The number of nitrogens with one attached hydrogen (secondary N) is 1. The van der Waals surface area contributed by atoms with E-state index in [4.69, 9.17) is 0 Å². The lowest BCUT2D eigenvalue weighted by Gasteiger charge is -2.13. The zero-order valence-electron chi connectivity index (χ0n) is 7.69. The van der Waals surface area contributed by atoms with Gasteiger partial charge in [0.1, 0.15) is 5.82 Å². The quantitative estimate of drug-likeness (QED) is 0.713. The van der Waals surface area contributed by atoms with Crippen LogP contribution in [-0.2, 0) is 0 Å². The Hall–Kier alpha value is -0.890. The molecule has 12 heavy (non-hydrogen) atoms. The molecule has 0 amide bonds. The van der Waals surface area contributed by atoms with Crippen molar-refractivity contribution in [1.29, 1.82) is 0 Å². The molecule has 66 valence electrons. The van der Waals surface area contributed by atoms with Crippen LogP contribution in [0.2, 0.25) is 0 Å². The third-order valence-electron chi connectivity index (χ3n) is 2.14. The molecule has 0 saturated heterocycles. The van der Waals surface area contributed by atoms with Gasteiger partial charge in [-0.25, -0.2) is 4.39 Å². The molecule has 0 fully saturated rings. The summed E-state index contributed by atoms with van der Waals surface area (Å²) in [5.41, 5.74) is 2.15. The fourth-order valence-corrected chi connectivity index (χ4v) is 1.23. The van der Waals surface area contributed by atoms with Crippen molar-refractivity contribution in [3.63, 3.8) is 0 Å². The molecule has 1 aromatic rings. The monoisotopic (exact) mass is 167 g/mol. The van der Waals surface area contributed by atoms with E-state index in [1.54, 1.807) is 12.1 Å². The molecular formula is C10H14FN. The summed E-state index contributed by atoms with van der Waals surface area (Å²) in [6.07, 6.45) is 0. The highest BCUT2D eigenvalue weighted by atomic mass is 19.1. The molecule has 0 saturated carbocycles.